The number of hydrogen-bond donors (Lipinski definition) is 1. The van der Waals surface area contributed by atoms with E-state index in [-0.39, 0.29) is 11.5 Å². The van der Waals surface area contributed by atoms with Crippen LogP contribution < -0.4 is 0 Å². The van der Waals surface area contributed by atoms with E-state index in [4.69, 9.17) is 4.74 Å². The summed E-state index contributed by atoms with van der Waals surface area (Å²) in [6.45, 7) is 2.51. The van der Waals surface area contributed by atoms with Crippen molar-refractivity contribution in [2.24, 2.45) is 5.92 Å². The van der Waals surface area contributed by atoms with Crippen LogP contribution in [0.1, 0.15) is 17.5 Å². The zero-order valence-corrected chi connectivity index (χ0v) is 9.01. The van der Waals surface area contributed by atoms with Gasteiger partial charge in [0, 0.05) is 17.8 Å². The van der Waals surface area contributed by atoms with E-state index in [1.165, 1.54) is 0 Å². The molecule has 1 aromatic rings. The van der Waals surface area contributed by atoms with Gasteiger partial charge in [0.1, 0.15) is 0 Å². The molecule has 0 spiro atoms. The summed E-state index contributed by atoms with van der Waals surface area (Å²) < 4.78 is 5.50. The Labute approximate surface area is 93.3 Å². The summed E-state index contributed by atoms with van der Waals surface area (Å²) in [7, 11) is 0. The highest BCUT2D eigenvalue weighted by atomic mass is 16.5. The van der Waals surface area contributed by atoms with E-state index < -0.39 is 11.9 Å². The van der Waals surface area contributed by atoms with Gasteiger partial charge < -0.3 is 9.84 Å². The number of ether oxygens (including phenoxy) is 1. The number of rotatable bonds is 2. The predicted octanol–water partition coefficient (Wildman–Crippen LogP) is 1.13. The fraction of sp³-hybridized carbons (Fsp3) is 0.500. The minimum absolute atomic E-state index is 0.0999. The van der Waals surface area contributed by atoms with Crippen molar-refractivity contribution in [2.75, 3.05) is 6.61 Å². The maximum absolute atomic E-state index is 11.2. The third kappa shape index (κ3) is 1.02. The molecule has 84 valence electrons. The minimum Gasteiger partial charge on any atom is -0.481 e. The summed E-state index contributed by atoms with van der Waals surface area (Å²) >= 11 is 0. The van der Waals surface area contributed by atoms with Crippen LogP contribution in [-0.4, -0.2) is 28.8 Å². The quantitative estimate of drug-likeness (QED) is 0.810. The molecule has 2 aliphatic heterocycles. The number of carboxylic acids is 1. The second-order valence-corrected chi connectivity index (χ2v) is 4.72. The normalized spacial score (nSPS) is 35.8. The third-order valence-corrected chi connectivity index (χ3v) is 3.93. The standard InChI is InChI=1S/C12H13NO3/c1-7-2-3-13-5-8(7)12-4-9(16-6-12)10(12)11(14)15/h2-3,5,9-10H,4,6H2,1H3,(H,14,15). The van der Waals surface area contributed by atoms with Gasteiger partial charge in [-0.1, -0.05) is 0 Å². The monoisotopic (exact) mass is 219 g/mol. The van der Waals surface area contributed by atoms with Gasteiger partial charge in [0.15, 0.2) is 0 Å². The Kier molecular flexibility index (Phi) is 1.86. The van der Waals surface area contributed by atoms with E-state index in [1.807, 2.05) is 13.0 Å². The fourth-order valence-electron chi connectivity index (χ4n) is 3.09. The van der Waals surface area contributed by atoms with E-state index in [0.29, 0.717) is 6.61 Å². The Bertz CT molecular complexity index is 455. The predicted molar refractivity (Wildman–Crippen MR) is 56.1 cm³/mol. The second kappa shape index (κ2) is 3.04. The van der Waals surface area contributed by atoms with Crippen molar-refractivity contribution < 1.29 is 14.6 Å². The molecule has 1 aromatic heterocycles. The summed E-state index contributed by atoms with van der Waals surface area (Å²) in [5.41, 5.74) is 1.82. The lowest BCUT2D eigenvalue weighted by atomic mass is 9.57. The summed E-state index contributed by atoms with van der Waals surface area (Å²) in [6.07, 6.45) is 4.24. The molecule has 2 bridgehead atoms. The van der Waals surface area contributed by atoms with Crippen LogP contribution in [-0.2, 0) is 14.9 Å². The highest BCUT2D eigenvalue weighted by Crippen LogP contribution is 2.56. The molecule has 1 saturated carbocycles. The van der Waals surface area contributed by atoms with Crippen molar-refractivity contribution in [3.63, 3.8) is 0 Å². The molecular weight excluding hydrogens is 206 g/mol. The Morgan fingerprint density at radius 1 is 1.69 bits per heavy atom. The van der Waals surface area contributed by atoms with Crippen molar-refractivity contribution in [1.82, 2.24) is 4.98 Å². The number of pyridine rings is 1. The van der Waals surface area contributed by atoms with Crippen LogP contribution >= 0.6 is 0 Å². The molecule has 0 aromatic carbocycles. The van der Waals surface area contributed by atoms with Crippen LogP contribution in [0.25, 0.3) is 0 Å². The lowest BCUT2D eigenvalue weighted by Crippen LogP contribution is -2.52. The Hall–Kier alpha value is -1.42. The molecule has 3 heterocycles. The topological polar surface area (TPSA) is 59.4 Å². The number of nitrogens with zero attached hydrogens (tertiary/aromatic N) is 1. The first kappa shape index (κ1) is 9.78. The third-order valence-electron chi connectivity index (χ3n) is 3.93. The van der Waals surface area contributed by atoms with Crippen LogP contribution in [0.4, 0.5) is 0 Å². The van der Waals surface area contributed by atoms with Gasteiger partial charge in [-0.3, -0.25) is 9.78 Å². The summed E-state index contributed by atoms with van der Waals surface area (Å²) in [6, 6.07) is 1.93. The molecule has 1 N–H and O–H groups in total. The number of aromatic nitrogens is 1. The van der Waals surface area contributed by atoms with Gasteiger partial charge >= 0.3 is 5.97 Å². The van der Waals surface area contributed by atoms with E-state index in [9.17, 15) is 9.90 Å². The SMILES string of the molecule is Cc1ccncc1C12COC(C1)C2C(=O)O. The summed E-state index contributed by atoms with van der Waals surface area (Å²) in [4.78, 5) is 15.3. The molecule has 3 unspecified atom stereocenters. The largest absolute Gasteiger partial charge is 0.481 e. The molecule has 0 radical (unpaired) electrons. The number of aryl methyl sites for hydroxylation is 1. The van der Waals surface area contributed by atoms with E-state index in [1.54, 1.807) is 12.4 Å². The van der Waals surface area contributed by atoms with Crippen molar-refractivity contribution in [1.29, 1.82) is 0 Å². The lowest BCUT2D eigenvalue weighted by molar-refractivity contribution is -0.150. The molecule has 1 aliphatic carbocycles. The van der Waals surface area contributed by atoms with Gasteiger partial charge in [0.25, 0.3) is 0 Å². The van der Waals surface area contributed by atoms with Crippen LogP contribution in [0.5, 0.6) is 0 Å². The number of fused-ring (bicyclic) bond motifs is 1. The van der Waals surface area contributed by atoms with Crippen LogP contribution in [0.3, 0.4) is 0 Å². The van der Waals surface area contributed by atoms with Crippen LogP contribution in [0.15, 0.2) is 18.5 Å². The van der Waals surface area contributed by atoms with Gasteiger partial charge in [-0.2, -0.15) is 0 Å². The Balaban J connectivity index is 2.07. The number of carbonyl (C=O) groups is 1. The zero-order valence-electron chi connectivity index (χ0n) is 9.01. The van der Waals surface area contributed by atoms with Crippen LogP contribution in [0, 0.1) is 12.8 Å². The number of carboxylic acid groups (broad SMARTS) is 1. The zero-order chi connectivity index (χ0) is 11.3. The van der Waals surface area contributed by atoms with Crippen molar-refractivity contribution in [2.45, 2.75) is 24.9 Å². The second-order valence-electron chi connectivity index (χ2n) is 4.72. The average Bonchev–Trinajstić information content (AvgIpc) is 2.75. The molecule has 2 saturated heterocycles. The van der Waals surface area contributed by atoms with Crippen LogP contribution in [0.2, 0.25) is 0 Å². The van der Waals surface area contributed by atoms with Crippen molar-refractivity contribution in [3.05, 3.63) is 29.6 Å². The minimum atomic E-state index is -0.753. The van der Waals surface area contributed by atoms with Gasteiger partial charge in [-0.05, 0) is 30.5 Å². The summed E-state index contributed by atoms with van der Waals surface area (Å²) in [5, 5.41) is 9.23. The molecule has 3 aliphatic rings. The maximum atomic E-state index is 11.2. The van der Waals surface area contributed by atoms with Crippen molar-refractivity contribution in [3.8, 4) is 0 Å². The highest BCUT2D eigenvalue weighted by Gasteiger charge is 2.65. The molecule has 3 fully saturated rings. The average molecular weight is 219 g/mol. The number of aliphatic carboxylic acids is 1. The molecule has 4 heteroatoms. The fourth-order valence-corrected chi connectivity index (χ4v) is 3.09. The molecule has 16 heavy (non-hydrogen) atoms. The molecule has 0 amide bonds. The van der Waals surface area contributed by atoms with Crippen molar-refractivity contribution >= 4 is 5.97 Å². The smallest absolute Gasteiger partial charge is 0.310 e. The van der Waals surface area contributed by atoms with Gasteiger partial charge in [0.2, 0.25) is 0 Å². The molecule has 4 nitrogen and oxygen atoms in total. The van der Waals surface area contributed by atoms with Gasteiger partial charge in [0.05, 0.1) is 18.6 Å². The van der Waals surface area contributed by atoms with E-state index in [0.717, 1.165) is 17.5 Å². The summed E-state index contributed by atoms with van der Waals surface area (Å²) in [5.74, 6) is -1.15. The van der Waals surface area contributed by atoms with E-state index in [2.05, 4.69) is 4.98 Å². The van der Waals surface area contributed by atoms with E-state index >= 15 is 0 Å². The first-order valence-corrected chi connectivity index (χ1v) is 5.41. The molecule has 4 rings (SSSR count). The number of hydrogen-bond acceptors (Lipinski definition) is 3. The first-order chi connectivity index (χ1) is 7.65. The maximum Gasteiger partial charge on any atom is 0.310 e. The molecule has 3 atom stereocenters. The first-order valence-electron chi connectivity index (χ1n) is 5.41. The highest BCUT2D eigenvalue weighted by molar-refractivity contribution is 5.76. The lowest BCUT2D eigenvalue weighted by Gasteiger charge is -2.42. The Morgan fingerprint density at radius 2 is 2.50 bits per heavy atom. The van der Waals surface area contributed by atoms with Gasteiger partial charge in [-0.25, -0.2) is 0 Å². The van der Waals surface area contributed by atoms with Gasteiger partial charge in [-0.15, -0.1) is 0 Å². The molecular formula is C12H13NO3. The Morgan fingerprint density at radius 3 is 3.12 bits per heavy atom.